The van der Waals surface area contributed by atoms with E-state index in [9.17, 15) is 0 Å². The monoisotopic (exact) mass is 664 g/mol. The third-order valence-electron chi connectivity index (χ3n) is 11.1. The van der Waals surface area contributed by atoms with E-state index in [1.165, 1.54) is 72.5 Å². The molecule has 0 radical (unpaired) electrons. The predicted octanol–water partition coefficient (Wildman–Crippen LogP) is 11.9. The lowest BCUT2D eigenvalue weighted by atomic mass is 9.80. The first kappa shape index (κ1) is 33.1. The van der Waals surface area contributed by atoms with Gasteiger partial charge in [0, 0.05) is 26.2 Å². The maximum absolute atomic E-state index is 2.66. The lowest BCUT2D eigenvalue weighted by molar-refractivity contribution is 0.257. The molecule has 0 fully saturated rings. The highest BCUT2D eigenvalue weighted by Crippen LogP contribution is 2.48. The summed E-state index contributed by atoms with van der Waals surface area (Å²) in [4.78, 5) is 5.31. The average Bonchev–Trinajstić information content (AvgIpc) is 3.67. The van der Waals surface area contributed by atoms with Crippen molar-refractivity contribution in [1.82, 2.24) is 9.80 Å². The molecule has 7 aromatic carbocycles. The molecule has 1 aliphatic carbocycles. The molecule has 0 bridgehead atoms. The highest BCUT2D eigenvalue weighted by Gasteiger charge is 2.30. The van der Waals surface area contributed by atoms with Gasteiger partial charge in [0.05, 0.1) is 0 Å². The van der Waals surface area contributed by atoms with Gasteiger partial charge in [0.2, 0.25) is 0 Å². The van der Waals surface area contributed by atoms with Crippen LogP contribution in [0.15, 0.2) is 146 Å². The van der Waals surface area contributed by atoms with Crippen LogP contribution in [0, 0.1) is 0 Å². The van der Waals surface area contributed by atoms with Crippen molar-refractivity contribution in [3.05, 3.63) is 179 Å². The van der Waals surface area contributed by atoms with Gasteiger partial charge in [-0.15, -0.1) is 0 Å². The third kappa shape index (κ3) is 6.75. The van der Waals surface area contributed by atoms with Gasteiger partial charge in [-0.05, 0) is 110 Å². The van der Waals surface area contributed by atoms with Crippen LogP contribution in [0.3, 0.4) is 0 Å². The van der Waals surface area contributed by atoms with Gasteiger partial charge in [-0.2, -0.15) is 0 Å². The summed E-state index contributed by atoms with van der Waals surface area (Å²) in [6, 6.07) is 53.9. The summed E-state index contributed by atoms with van der Waals surface area (Å²) in [5.74, 6) is 0. The Morgan fingerprint density at radius 1 is 0.412 bits per heavy atom. The minimum Gasteiger partial charge on any atom is -0.295 e. The highest BCUT2D eigenvalue weighted by atomic mass is 15.1. The van der Waals surface area contributed by atoms with Crippen molar-refractivity contribution in [2.75, 3.05) is 13.1 Å². The van der Waals surface area contributed by atoms with E-state index < -0.39 is 0 Å². The zero-order valence-corrected chi connectivity index (χ0v) is 30.1. The summed E-state index contributed by atoms with van der Waals surface area (Å²) in [5, 5.41) is 5.32. The number of hydrogen-bond donors (Lipinski definition) is 0. The number of rotatable bonds is 12. The number of nitrogens with zero attached hydrogens (tertiary/aromatic N) is 2. The maximum Gasteiger partial charge on any atom is 0.0246 e. The molecular weight excluding hydrogens is 617 g/mol. The Morgan fingerprint density at radius 3 is 1.24 bits per heavy atom. The fourth-order valence-corrected chi connectivity index (χ4v) is 8.54. The first-order chi connectivity index (χ1) is 25.2. The van der Waals surface area contributed by atoms with Crippen LogP contribution in [-0.4, -0.2) is 22.9 Å². The van der Waals surface area contributed by atoms with Gasteiger partial charge in [0.25, 0.3) is 0 Å². The molecule has 254 valence electrons. The summed E-state index contributed by atoms with van der Waals surface area (Å²) < 4.78 is 0. The smallest absolute Gasteiger partial charge is 0.0246 e. The fraction of sp³-hybridized carbons (Fsp3) is 0.224. The van der Waals surface area contributed by atoms with E-state index in [0.29, 0.717) is 0 Å². The summed E-state index contributed by atoms with van der Waals surface area (Å²) >= 11 is 0. The molecule has 0 atom stereocenters. The van der Waals surface area contributed by atoms with Gasteiger partial charge in [0.1, 0.15) is 0 Å². The van der Waals surface area contributed by atoms with Crippen LogP contribution in [0.2, 0.25) is 0 Å². The van der Waals surface area contributed by atoms with E-state index >= 15 is 0 Å². The Kier molecular flexibility index (Phi) is 9.79. The Labute approximate surface area is 304 Å². The zero-order chi connectivity index (χ0) is 34.6. The highest BCUT2D eigenvalue weighted by molar-refractivity contribution is 6.02. The molecule has 0 saturated carbocycles. The molecule has 0 spiro atoms. The Morgan fingerprint density at radius 2 is 0.804 bits per heavy atom. The molecule has 0 saturated heterocycles. The second-order valence-electron chi connectivity index (χ2n) is 14.1. The minimum absolute atomic E-state index is 0.896. The molecule has 8 rings (SSSR count). The van der Waals surface area contributed by atoms with Crippen LogP contribution in [0.5, 0.6) is 0 Å². The van der Waals surface area contributed by atoms with Crippen LogP contribution in [-0.2, 0) is 39.0 Å². The van der Waals surface area contributed by atoms with Crippen molar-refractivity contribution in [1.29, 1.82) is 0 Å². The first-order valence-corrected chi connectivity index (χ1v) is 18.9. The number of fused-ring (bicyclic) bond motifs is 3. The van der Waals surface area contributed by atoms with Gasteiger partial charge >= 0.3 is 0 Å². The summed E-state index contributed by atoms with van der Waals surface area (Å²) in [5.41, 5.74) is 14.6. The van der Waals surface area contributed by atoms with E-state index in [-0.39, 0.29) is 0 Å². The van der Waals surface area contributed by atoms with Gasteiger partial charge in [-0.25, -0.2) is 0 Å². The molecule has 51 heavy (non-hydrogen) atoms. The lowest BCUT2D eigenvalue weighted by Gasteiger charge is -2.32. The van der Waals surface area contributed by atoms with Crippen LogP contribution < -0.4 is 0 Å². The summed E-state index contributed by atoms with van der Waals surface area (Å²) in [6.45, 7) is 10.2. The largest absolute Gasteiger partial charge is 0.295 e. The van der Waals surface area contributed by atoms with E-state index in [1.54, 1.807) is 11.1 Å². The third-order valence-corrected chi connectivity index (χ3v) is 11.1. The molecule has 0 unspecified atom stereocenters. The predicted molar refractivity (Wildman–Crippen MR) is 217 cm³/mol. The Hall–Kier alpha value is -5.02. The van der Waals surface area contributed by atoms with E-state index in [2.05, 4.69) is 169 Å². The van der Waals surface area contributed by atoms with Gasteiger partial charge < -0.3 is 0 Å². The summed E-state index contributed by atoms with van der Waals surface area (Å²) in [7, 11) is 0. The maximum atomic E-state index is 2.66. The molecule has 0 aliphatic heterocycles. The number of hydrogen-bond acceptors (Lipinski definition) is 2. The molecule has 1 aliphatic rings. The SMILES string of the molecule is CCN(Cc1ccccc1)Cc1c(CN(CC)Cc2ccccc2)c(-c2cccc3ccccc23)c2c(c1-c1cccc3ccccc13)CCC2. The molecule has 0 amide bonds. The molecule has 2 heteroatoms. The second kappa shape index (κ2) is 15.1. The van der Waals surface area contributed by atoms with Gasteiger partial charge in [0.15, 0.2) is 0 Å². The standard InChI is InChI=1S/C49H48N2/c1-3-50(32-36-18-7-5-8-19-36)34-46-47(35-51(4-2)33-37-20-9-6-10-21-37)49(43-29-16-25-39-23-12-14-27-41(39)43)45-31-17-30-44(45)48(46)42-28-15-24-38-22-11-13-26-40(38)42/h5-16,18-29H,3-4,17,30-35H2,1-2H3. The van der Waals surface area contributed by atoms with E-state index in [1.807, 2.05) is 0 Å². The Balaban J connectivity index is 1.43. The van der Waals surface area contributed by atoms with Gasteiger partial charge in [-0.1, -0.05) is 159 Å². The van der Waals surface area contributed by atoms with Crippen LogP contribution in [0.4, 0.5) is 0 Å². The van der Waals surface area contributed by atoms with Crippen LogP contribution in [0.1, 0.15) is 53.6 Å². The van der Waals surface area contributed by atoms with Crippen molar-refractivity contribution in [2.24, 2.45) is 0 Å². The molecule has 7 aromatic rings. The lowest BCUT2D eigenvalue weighted by Crippen LogP contribution is -2.27. The Bertz CT molecular complexity index is 2100. The van der Waals surface area contributed by atoms with Crippen molar-refractivity contribution >= 4 is 21.5 Å². The number of benzene rings is 7. The molecule has 2 nitrogen and oxygen atoms in total. The molecule has 0 N–H and O–H groups in total. The average molecular weight is 665 g/mol. The fourth-order valence-electron chi connectivity index (χ4n) is 8.54. The molecular formula is C49H48N2. The first-order valence-electron chi connectivity index (χ1n) is 18.9. The molecule has 0 aromatic heterocycles. The normalized spacial score (nSPS) is 12.7. The quantitative estimate of drug-likeness (QED) is 0.128. The van der Waals surface area contributed by atoms with Gasteiger partial charge in [-0.3, -0.25) is 9.80 Å². The summed E-state index contributed by atoms with van der Waals surface area (Å²) in [6.07, 6.45) is 3.42. The minimum atomic E-state index is 0.896. The topological polar surface area (TPSA) is 6.48 Å². The van der Waals surface area contributed by atoms with Crippen LogP contribution in [0.25, 0.3) is 43.8 Å². The van der Waals surface area contributed by atoms with Crippen LogP contribution >= 0.6 is 0 Å². The van der Waals surface area contributed by atoms with Crippen molar-refractivity contribution in [3.63, 3.8) is 0 Å². The van der Waals surface area contributed by atoms with Crippen molar-refractivity contribution in [3.8, 4) is 22.3 Å². The zero-order valence-electron chi connectivity index (χ0n) is 30.1. The van der Waals surface area contributed by atoms with Crippen molar-refractivity contribution in [2.45, 2.75) is 59.3 Å². The second-order valence-corrected chi connectivity index (χ2v) is 14.1. The van der Waals surface area contributed by atoms with E-state index in [0.717, 1.165) is 52.1 Å². The van der Waals surface area contributed by atoms with Crippen molar-refractivity contribution < 1.29 is 0 Å². The van der Waals surface area contributed by atoms with E-state index in [4.69, 9.17) is 0 Å². The molecule has 0 heterocycles.